The number of carboxylic acid groups (broad SMARTS) is 1. The van der Waals surface area contributed by atoms with Gasteiger partial charge in [0.2, 0.25) is 0 Å². The van der Waals surface area contributed by atoms with Crippen molar-refractivity contribution in [3.05, 3.63) is 40.3 Å². The molecule has 0 spiro atoms. The number of nitrogens with zero attached hydrogens (tertiary/aromatic N) is 1. The number of carboxylic acids is 1. The molecule has 1 aliphatic heterocycles. The molecule has 1 aliphatic rings. The van der Waals surface area contributed by atoms with E-state index < -0.39 is 12.0 Å². The molecule has 1 saturated heterocycles. The molecule has 128 valence electrons. The van der Waals surface area contributed by atoms with Crippen LogP contribution in [0.4, 0.5) is 0 Å². The molecule has 1 heterocycles. The monoisotopic (exact) mass is 381 g/mol. The smallest absolute Gasteiger partial charge is 0.326 e. The molecule has 1 N–H and O–H groups in total. The maximum Gasteiger partial charge on any atom is 0.326 e. The number of thiocarbonyl (C=S) groups is 1. The van der Waals surface area contributed by atoms with Gasteiger partial charge in [-0.05, 0) is 42.1 Å². The van der Waals surface area contributed by atoms with Crippen molar-refractivity contribution in [2.24, 2.45) is 0 Å². The molecule has 1 aromatic carbocycles. The van der Waals surface area contributed by atoms with Gasteiger partial charge in [-0.1, -0.05) is 55.2 Å². The fraction of sp³-hybridized carbons (Fsp3) is 0.353. The molecule has 0 unspecified atom stereocenters. The third kappa shape index (κ3) is 4.40. The van der Waals surface area contributed by atoms with Crippen molar-refractivity contribution in [2.75, 3.05) is 12.0 Å². The number of carbonyl (C=O) groups is 2. The van der Waals surface area contributed by atoms with Crippen LogP contribution in [-0.4, -0.2) is 44.3 Å². The number of thioether (sulfide) groups is 2. The van der Waals surface area contributed by atoms with Crippen LogP contribution in [0.15, 0.2) is 29.2 Å². The van der Waals surface area contributed by atoms with Crippen LogP contribution in [0.5, 0.6) is 0 Å². The summed E-state index contributed by atoms with van der Waals surface area (Å²) in [6.45, 7) is 2.08. The zero-order chi connectivity index (χ0) is 17.7. The van der Waals surface area contributed by atoms with Gasteiger partial charge in [-0.2, -0.15) is 11.8 Å². The average molecular weight is 382 g/mol. The van der Waals surface area contributed by atoms with Crippen LogP contribution in [0.2, 0.25) is 0 Å². The summed E-state index contributed by atoms with van der Waals surface area (Å²) in [4.78, 5) is 25.9. The highest BCUT2D eigenvalue weighted by atomic mass is 32.2. The van der Waals surface area contributed by atoms with Crippen molar-refractivity contribution in [1.29, 1.82) is 0 Å². The van der Waals surface area contributed by atoms with Crippen molar-refractivity contribution in [1.82, 2.24) is 4.90 Å². The Morgan fingerprint density at radius 1 is 1.42 bits per heavy atom. The van der Waals surface area contributed by atoms with E-state index in [1.807, 2.05) is 30.5 Å². The fourth-order valence-corrected chi connectivity index (χ4v) is 4.16. The Kier molecular flexibility index (Phi) is 6.89. The van der Waals surface area contributed by atoms with Crippen LogP contribution < -0.4 is 0 Å². The van der Waals surface area contributed by atoms with Crippen LogP contribution in [0.25, 0.3) is 6.08 Å². The van der Waals surface area contributed by atoms with E-state index in [1.54, 1.807) is 17.8 Å². The van der Waals surface area contributed by atoms with Crippen LogP contribution in [-0.2, 0) is 16.0 Å². The first-order chi connectivity index (χ1) is 11.5. The highest BCUT2D eigenvalue weighted by molar-refractivity contribution is 8.26. The van der Waals surface area contributed by atoms with E-state index in [-0.39, 0.29) is 5.91 Å². The largest absolute Gasteiger partial charge is 0.480 e. The Hall–Kier alpha value is -1.31. The topological polar surface area (TPSA) is 57.6 Å². The number of aliphatic carboxylic acids is 1. The summed E-state index contributed by atoms with van der Waals surface area (Å²) in [5.74, 6) is -0.682. The maximum atomic E-state index is 12.6. The van der Waals surface area contributed by atoms with E-state index in [0.717, 1.165) is 23.7 Å². The Bertz CT molecular complexity index is 670. The zero-order valence-corrected chi connectivity index (χ0v) is 16.0. The first-order valence-corrected chi connectivity index (χ1v) is 10.2. The number of aryl methyl sites for hydroxylation is 1. The SMILES string of the molecule is CCc1ccc(/C=C2/SC(=S)N([C@H](CCSC)C(=O)O)C2=O)cc1. The molecule has 7 heteroatoms. The molecule has 0 bridgehead atoms. The Morgan fingerprint density at radius 3 is 2.62 bits per heavy atom. The third-order valence-electron chi connectivity index (χ3n) is 3.70. The second-order valence-electron chi connectivity index (χ2n) is 5.28. The Balaban J connectivity index is 2.23. The van der Waals surface area contributed by atoms with E-state index in [0.29, 0.717) is 21.4 Å². The molecular formula is C17H19NO3S3. The summed E-state index contributed by atoms with van der Waals surface area (Å²) >= 11 is 7.97. The van der Waals surface area contributed by atoms with Crippen molar-refractivity contribution in [3.63, 3.8) is 0 Å². The van der Waals surface area contributed by atoms with Gasteiger partial charge in [0.15, 0.2) is 0 Å². The lowest BCUT2D eigenvalue weighted by molar-refractivity contribution is -0.145. The molecule has 0 saturated carbocycles. The van der Waals surface area contributed by atoms with Crippen LogP contribution in [0.3, 0.4) is 0 Å². The average Bonchev–Trinajstić information content (AvgIpc) is 2.83. The lowest BCUT2D eigenvalue weighted by Crippen LogP contribution is -2.44. The molecule has 1 amide bonds. The molecule has 1 atom stereocenters. The van der Waals surface area contributed by atoms with Gasteiger partial charge in [-0.25, -0.2) is 4.79 Å². The molecular weight excluding hydrogens is 362 g/mol. The first-order valence-electron chi connectivity index (χ1n) is 7.55. The van der Waals surface area contributed by atoms with Crippen molar-refractivity contribution in [3.8, 4) is 0 Å². The summed E-state index contributed by atoms with van der Waals surface area (Å²) in [7, 11) is 0. The number of amides is 1. The lowest BCUT2D eigenvalue weighted by Gasteiger charge is -2.22. The molecule has 2 rings (SSSR count). The van der Waals surface area contributed by atoms with Crippen molar-refractivity contribution >= 4 is 58.0 Å². The predicted molar refractivity (Wildman–Crippen MR) is 105 cm³/mol. The second-order valence-corrected chi connectivity index (χ2v) is 7.94. The summed E-state index contributed by atoms with van der Waals surface area (Å²) < 4.78 is 0.310. The van der Waals surface area contributed by atoms with Gasteiger partial charge in [0.1, 0.15) is 10.4 Å². The highest BCUT2D eigenvalue weighted by Gasteiger charge is 2.40. The number of benzene rings is 1. The number of rotatable bonds is 7. The Morgan fingerprint density at radius 2 is 2.08 bits per heavy atom. The minimum absolute atomic E-state index is 0.310. The van der Waals surface area contributed by atoms with Gasteiger partial charge in [-0.3, -0.25) is 9.69 Å². The van der Waals surface area contributed by atoms with Crippen LogP contribution >= 0.6 is 35.7 Å². The number of carbonyl (C=O) groups excluding carboxylic acids is 1. The van der Waals surface area contributed by atoms with E-state index in [9.17, 15) is 14.7 Å². The van der Waals surface area contributed by atoms with E-state index >= 15 is 0 Å². The standard InChI is InChI=1S/C17H19NO3S3/c1-3-11-4-6-12(7-5-11)10-14-15(19)18(17(22)24-14)13(16(20)21)8-9-23-2/h4-7,10,13H,3,8-9H2,1-2H3,(H,20,21)/b14-10+/t13-/m1/s1. The van der Waals surface area contributed by atoms with E-state index in [2.05, 4.69) is 6.92 Å². The van der Waals surface area contributed by atoms with Gasteiger partial charge in [0, 0.05) is 0 Å². The predicted octanol–water partition coefficient (Wildman–Crippen LogP) is 3.66. The van der Waals surface area contributed by atoms with Gasteiger partial charge in [0.05, 0.1) is 4.91 Å². The number of hydrogen-bond acceptors (Lipinski definition) is 5. The van der Waals surface area contributed by atoms with Crippen molar-refractivity contribution in [2.45, 2.75) is 25.8 Å². The first kappa shape index (κ1) is 19.0. The van der Waals surface area contributed by atoms with E-state index in [4.69, 9.17) is 12.2 Å². The molecule has 1 fully saturated rings. The Labute approximate surface area is 155 Å². The van der Waals surface area contributed by atoms with Gasteiger partial charge >= 0.3 is 5.97 Å². The van der Waals surface area contributed by atoms with Crippen LogP contribution in [0, 0.1) is 0 Å². The summed E-state index contributed by atoms with van der Waals surface area (Å²) in [5, 5.41) is 9.44. The molecule has 1 aromatic rings. The van der Waals surface area contributed by atoms with Crippen molar-refractivity contribution < 1.29 is 14.7 Å². The molecule has 4 nitrogen and oxygen atoms in total. The normalized spacial score (nSPS) is 17.6. The fourth-order valence-electron chi connectivity index (χ4n) is 2.34. The number of hydrogen-bond donors (Lipinski definition) is 1. The zero-order valence-electron chi connectivity index (χ0n) is 13.5. The summed E-state index contributed by atoms with van der Waals surface area (Å²) in [6.07, 6.45) is 5.01. The second kappa shape index (κ2) is 8.69. The minimum atomic E-state index is -1.02. The minimum Gasteiger partial charge on any atom is -0.480 e. The molecule has 0 radical (unpaired) electrons. The molecule has 0 aliphatic carbocycles. The molecule has 0 aromatic heterocycles. The third-order valence-corrected chi connectivity index (χ3v) is 5.68. The highest BCUT2D eigenvalue weighted by Crippen LogP contribution is 2.34. The van der Waals surface area contributed by atoms with Crippen LogP contribution in [0.1, 0.15) is 24.5 Å². The quantitative estimate of drug-likeness (QED) is 0.575. The van der Waals surface area contributed by atoms with Gasteiger partial charge in [-0.15, -0.1) is 0 Å². The summed E-state index contributed by atoms with van der Waals surface area (Å²) in [5.41, 5.74) is 2.13. The lowest BCUT2D eigenvalue weighted by atomic mass is 10.1. The molecule has 24 heavy (non-hydrogen) atoms. The van der Waals surface area contributed by atoms with Gasteiger partial charge < -0.3 is 5.11 Å². The van der Waals surface area contributed by atoms with Gasteiger partial charge in [0.25, 0.3) is 5.91 Å². The van der Waals surface area contributed by atoms with E-state index in [1.165, 1.54) is 10.5 Å². The maximum absolute atomic E-state index is 12.6. The summed E-state index contributed by atoms with van der Waals surface area (Å²) in [6, 6.07) is 7.04.